The molecule has 9 heteroatoms. The first-order valence-electron chi connectivity index (χ1n) is 10.5. The summed E-state index contributed by atoms with van der Waals surface area (Å²) in [6.07, 6.45) is 3.24. The molecule has 0 aliphatic heterocycles. The van der Waals surface area contributed by atoms with E-state index in [0.717, 1.165) is 16.9 Å². The lowest BCUT2D eigenvalue weighted by molar-refractivity contribution is -0.121. The molecular formula is C24H25N5O4. The maximum Gasteiger partial charge on any atom is 0.240 e. The monoisotopic (exact) mass is 447 g/mol. The van der Waals surface area contributed by atoms with Crippen LogP contribution in [0.5, 0.6) is 11.5 Å². The zero-order valence-corrected chi connectivity index (χ0v) is 18.0. The fourth-order valence-electron chi connectivity index (χ4n) is 3.45. The number of nitrogens with zero attached hydrogens (tertiary/aromatic N) is 3. The molecule has 2 aromatic carbocycles. The lowest BCUT2D eigenvalue weighted by Gasteiger charge is -2.07. The van der Waals surface area contributed by atoms with Crippen LogP contribution < -0.4 is 15.8 Å². The average molecular weight is 447 g/mol. The Bertz CT molecular complexity index is 1210. The van der Waals surface area contributed by atoms with E-state index < -0.39 is 0 Å². The molecule has 33 heavy (non-hydrogen) atoms. The fourth-order valence-corrected chi connectivity index (χ4v) is 3.45. The van der Waals surface area contributed by atoms with Gasteiger partial charge in [-0.2, -0.15) is 0 Å². The normalized spacial score (nSPS) is 10.9. The first-order chi connectivity index (χ1) is 16.2. The summed E-state index contributed by atoms with van der Waals surface area (Å²) in [6.45, 7) is 0.947. The first-order valence-corrected chi connectivity index (χ1v) is 10.5. The van der Waals surface area contributed by atoms with Gasteiger partial charge in [-0.25, -0.2) is 9.97 Å². The van der Waals surface area contributed by atoms with Crippen LogP contribution in [0.25, 0.3) is 22.2 Å². The van der Waals surface area contributed by atoms with Crippen molar-refractivity contribution in [3.05, 3.63) is 67.1 Å². The summed E-state index contributed by atoms with van der Waals surface area (Å²) in [4.78, 5) is 20.9. The molecule has 170 valence electrons. The number of nitrogens with one attached hydrogen (secondary N) is 1. The summed E-state index contributed by atoms with van der Waals surface area (Å²) in [5, 5.41) is 12.2. The van der Waals surface area contributed by atoms with E-state index in [1.807, 2.05) is 60.8 Å². The van der Waals surface area contributed by atoms with Gasteiger partial charge in [0.2, 0.25) is 5.91 Å². The number of benzene rings is 2. The predicted octanol–water partition coefficient (Wildman–Crippen LogP) is 2.60. The lowest BCUT2D eigenvalue weighted by atomic mass is 10.1. The number of para-hydroxylation sites is 1. The Morgan fingerprint density at radius 1 is 1.03 bits per heavy atom. The van der Waals surface area contributed by atoms with Gasteiger partial charge in [-0.05, 0) is 29.8 Å². The number of aliphatic hydroxyl groups excluding tert-OH is 1. The van der Waals surface area contributed by atoms with Gasteiger partial charge < -0.3 is 30.2 Å². The molecule has 1 amide bonds. The summed E-state index contributed by atoms with van der Waals surface area (Å²) >= 11 is 0. The summed E-state index contributed by atoms with van der Waals surface area (Å²) in [7, 11) is 0. The SMILES string of the molecule is Nc1ncnc2c1c(-c1ccc(Oc3ccccc3)cc1)cn2CC(=O)NCCOCCO. The molecule has 0 radical (unpaired) electrons. The molecule has 9 nitrogen and oxygen atoms in total. The molecule has 0 aliphatic carbocycles. The Kier molecular flexibility index (Phi) is 7.13. The zero-order valence-electron chi connectivity index (χ0n) is 18.0. The topological polar surface area (TPSA) is 125 Å². The van der Waals surface area contributed by atoms with Crippen LogP contribution in [0.4, 0.5) is 5.82 Å². The van der Waals surface area contributed by atoms with Gasteiger partial charge in [0, 0.05) is 18.3 Å². The van der Waals surface area contributed by atoms with Crippen LogP contribution in [0.1, 0.15) is 0 Å². The molecule has 0 bridgehead atoms. The van der Waals surface area contributed by atoms with Gasteiger partial charge in [-0.3, -0.25) is 4.79 Å². The maximum absolute atomic E-state index is 12.4. The summed E-state index contributed by atoms with van der Waals surface area (Å²) in [5.41, 5.74) is 8.48. The van der Waals surface area contributed by atoms with E-state index in [1.54, 1.807) is 4.57 Å². The first kappa shape index (κ1) is 22.3. The number of anilines is 1. The van der Waals surface area contributed by atoms with Crippen LogP contribution in [0.15, 0.2) is 67.1 Å². The molecule has 0 unspecified atom stereocenters. The molecule has 4 N–H and O–H groups in total. The molecule has 4 rings (SSSR count). The Hall–Kier alpha value is -3.95. The van der Waals surface area contributed by atoms with Crippen molar-refractivity contribution in [1.82, 2.24) is 19.9 Å². The van der Waals surface area contributed by atoms with Gasteiger partial charge in [0.25, 0.3) is 0 Å². The third-order valence-electron chi connectivity index (χ3n) is 4.95. The van der Waals surface area contributed by atoms with Crippen molar-refractivity contribution < 1.29 is 19.4 Å². The highest BCUT2D eigenvalue weighted by molar-refractivity contribution is 6.01. The maximum atomic E-state index is 12.4. The minimum Gasteiger partial charge on any atom is -0.457 e. The molecule has 0 atom stereocenters. The van der Waals surface area contributed by atoms with Gasteiger partial charge in [-0.1, -0.05) is 30.3 Å². The zero-order chi connectivity index (χ0) is 23.0. The van der Waals surface area contributed by atoms with E-state index in [0.29, 0.717) is 35.8 Å². The minimum absolute atomic E-state index is 0.0490. The van der Waals surface area contributed by atoms with E-state index >= 15 is 0 Å². The quantitative estimate of drug-likeness (QED) is 0.319. The van der Waals surface area contributed by atoms with Gasteiger partial charge >= 0.3 is 0 Å². The van der Waals surface area contributed by atoms with E-state index in [4.69, 9.17) is 20.3 Å². The van der Waals surface area contributed by atoms with E-state index in [9.17, 15) is 4.79 Å². The largest absolute Gasteiger partial charge is 0.457 e. The Labute approximate surface area is 190 Å². The van der Waals surface area contributed by atoms with Crippen molar-refractivity contribution in [3.63, 3.8) is 0 Å². The van der Waals surface area contributed by atoms with Crippen molar-refractivity contribution in [3.8, 4) is 22.6 Å². The summed E-state index contributed by atoms with van der Waals surface area (Å²) < 4.78 is 12.8. The van der Waals surface area contributed by atoms with Crippen LogP contribution in [0.3, 0.4) is 0 Å². The van der Waals surface area contributed by atoms with Crippen LogP contribution in [-0.4, -0.2) is 51.9 Å². The Morgan fingerprint density at radius 2 is 1.79 bits per heavy atom. The molecule has 4 aromatic rings. The number of amides is 1. The van der Waals surface area contributed by atoms with Crippen molar-refractivity contribution in [1.29, 1.82) is 0 Å². The summed E-state index contributed by atoms with van der Waals surface area (Å²) in [5.74, 6) is 1.62. The number of carbonyl (C=O) groups is 1. The second kappa shape index (κ2) is 10.6. The van der Waals surface area contributed by atoms with Gasteiger partial charge in [0.15, 0.2) is 0 Å². The Balaban J connectivity index is 1.54. The smallest absolute Gasteiger partial charge is 0.240 e. The summed E-state index contributed by atoms with van der Waals surface area (Å²) in [6, 6.07) is 17.2. The number of ether oxygens (including phenoxy) is 2. The lowest BCUT2D eigenvalue weighted by Crippen LogP contribution is -2.30. The highest BCUT2D eigenvalue weighted by Gasteiger charge is 2.16. The second-order valence-electron chi connectivity index (χ2n) is 7.25. The van der Waals surface area contributed by atoms with Gasteiger partial charge in [0.05, 0.1) is 25.2 Å². The number of nitrogens with two attached hydrogens (primary N) is 1. The molecule has 2 heterocycles. The second-order valence-corrected chi connectivity index (χ2v) is 7.25. The fraction of sp³-hybridized carbons (Fsp3) is 0.208. The van der Waals surface area contributed by atoms with Gasteiger partial charge in [-0.15, -0.1) is 0 Å². The molecule has 0 saturated heterocycles. The van der Waals surface area contributed by atoms with Crippen LogP contribution in [0.2, 0.25) is 0 Å². The number of aromatic nitrogens is 3. The highest BCUT2D eigenvalue weighted by atomic mass is 16.5. The molecule has 2 aromatic heterocycles. The third kappa shape index (κ3) is 5.46. The molecule has 0 saturated carbocycles. The number of carbonyl (C=O) groups excluding carboxylic acids is 1. The van der Waals surface area contributed by atoms with E-state index in [2.05, 4.69) is 15.3 Å². The third-order valence-corrected chi connectivity index (χ3v) is 4.95. The van der Waals surface area contributed by atoms with E-state index in [-0.39, 0.29) is 25.7 Å². The van der Waals surface area contributed by atoms with Crippen LogP contribution >= 0.6 is 0 Å². The van der Waals surface area contributed by atoms with Crippen molar-refractivity contribution in [2.75, 3.05) is 32.1 Å². The van der Waals surface area contributed by atoms with Gasteiger partial charge in [0.1, 0.15) is 35.8 Å². The molecule has 0 fully saturated rings. The predicted molar refractivity (Wildman–Crippen MR) is 125 cm³/mol. The van der Waals surface area contributed by atoms with Crippen molar-refractivity contribution >= 4 is 22.8 Å². The van der Waals surface area contributed by atoms with Crippen molar-refractivity contribution in [2.24, 2.45) is 0 Å². The number of rotatable bonds is 10. The average Bonchev–Trinajstić information content (AvgIpc) is 3.19. The minimum atomic E-state index is -0.185. The highest BCUT2D eigenvalue weighted by Crippen LogP contribution is 2.34. The number of aliphatic hydroxyl groups is 1. The molecule has 0 spiro atoms. The Morgan fingerprint density at radius 3 is 2.55 bits per heavy atom. The molecular weight excluding hydrogens is 422 g/mol. The van der Waals surface area contributed by atoms with Crippen LogP contribution in [-0.2, 0) is 16.1 Å². The standard InChI is InChI=1S/C24H25N5O4/c25-23-22-20(17-6-8-19(9-7-17)33-18-4-2-1-3-5-18)14-29(24(22)28-16-27-23)15-21(31)26-10-12-32-13-11-30/h1-9,14,16,30H,10-13,15H2,(H,26,31)(H2,25,27,28). The van der Waals surface area contributed by atoms with E-state index in [1.165, 1.54) is 6.33 Å². The number of hydrogen-bond acceptors (Lipinski definition) is 7. The molecule has 0 aliphatic rings. The van der Waals surface area contributed by atoms with Crippen molar-refractivity contribution in [2.45, 2.75) is 6.54 Å². The van der Waals surface area contributed by atoms with Crippen LogP contribution in [0, 0.1) is 0 Å². The number of fused-ring (bicyclic) bond motifs is 1. The number of hydrogen-bond donors (Lipinski definition) is 3. The number of nitrogen functional groups attached to an aromatic ring is 1.